The minimum Gasteiger partial charge on any atom is -0.357 e. The van der Waals surface area contributed by atoms with Crippen LogP contribution in [0.15, 0.2) is 108 Å². The van der Waals surface area contributed by atoms with E-state index in [0.717, 1.165) is 22.8 Å². The summed E-state index contributed by atoms with van der Waals surface area (Å²) in [5.41, 5.74) is 4.35. The van der Waals surface area contributed by atoms with Gasteiger partial charge in [0.2, 0.25) is 0 Å². The maximum atomic E-state index is 12.4. The van der Waals surface area contributed by atoms with Crippen LogP contribution in [-0.4, -0.2) is 11.6 Å². The van der Waals surface area contributed by atoms with E-state index in [4.69, 9.17) is 0 Å². The molecule has 0 aromatic heterocycles. The average Bonchev–Trinajstić information content (AvgIpc) is 2.76. The van der Waals surface area contributed by atoms with Gasteiger partial charge in [0.15, 0.2) is 11.6 Å². The van der Waals surface area contributed by atoms with Crippen LogP contribution < -0.4 is 10.6 Å². The summed E-state index contributed by atoms with van der Waals surface area (Å²) in [6, 6.07) is 25.9. The molecule has 0 atom stereocenters. The summed E-state index contributed by atoms with van der Waals surface area (Å²) in [4.78, 5) is 24.8. The molecule has 0 aliphatic carbocycles. The zero-order valence-electron chi connectivity index (χ0n) is 17.1. The van der Waals surface area contributed by atoms with Crippen molar-refractivity contribution >= 4 is 22.9 Å². The molecule has 4 heteroatoms. The molecule has 0 aliphatic rings. The number of nitrogens with one attached hydrogen (secondary N) is 2. The normalized spacial score (nSPS) is 11.7. The topological polar surface area (TPSA) is 58.2 Å². The van der Waals surface area contributed by atoms with Crippen LogP contribution in [0.25, 0.3) is 0 Å². The fraction of sp³-hybridized carbons (Fsp3) is 0.0769. The van der Waals surface area contributed by atoms with Gasteiger partial charge >= 0.3 is 0 Å². The Hall–Kier alpha value is -3.92. The van der Waals surface area contributed by atoms with Crippen LogP contribution in [0.4, 0.5) is 11.4 Å². The summed E-state index contributed by atoms with van der Waals surface area (Å²) in [7, 11) is 0. The third-order valence-corrected chi connectivity index (χ3v) is 4.40. The van der Waals surface area contributed by atoms with E-state index in [0.29, 0.717) is 11.1 Å². The van der Waals surface area contributed by atoms with Gasteiger partial charge in [0.05, 0.1) is 11.4 Å². The SMILES string of the molecule is C/C(=C\C(=O)c1ccccc1)Nc1ccccc1N/C(C)=C/C(=O)c1ccccc1. The zero-order valence-corrected chi connectivity index (χ0v) is 17.1. The van der Waals surface area contributed by atoms with E-state index in [2.05, 4.69) is 10.6 Å². The number of hydrogen-bond donors (Lipinski definition) is 2. The lowest BCUT2D eigenvalue weighted by Gasteiger charge is -2.14. The standard InChI is InChI=1S/C26H24N2O2/c1-19(17-25(29)21-11-5-3-6-12-21)27-23-15-9-10-16-24(23)28-20(2)18-26(30)22-13-7-4-8-14-22/h3-18,27-28H,1-2H3/b19-17+,20-18+. The lowest BCUT2D eigenvalue weighted by Crippen LogP contribution is -2.06. The fourth-order valence-electron chi connectivity index (χ4n) is 2.96. The first kappa shape index (κ1) is 20.8. The molecule has 0 spiro atoms. The summed E-state index contributed by atoms with van der Waals surface area (Å²) in [6.45, 7) is 3.69. The summed E-state index contributed by atoms with van der Waals surface area (Å²) in [5.74, 6) is -0.119. The second-order valence-corrected chi connectivity index (χ2v) is 6.91. The van der Waals surface area contributed by atoms with E-state index in [9.17, 15) is 9.59 Å². The van der Waals surface area contributed by atoms with E-state index < -0.39 is 0 Å². The Morgan fingerprint density at radius 1 is 0.567 bits per heavy atom. The quantitative estimate of drug-likeness (QED) is 0.358. The second kappa shape index (κ2) is 10.0. The van der Waals surface area contributed by atoms with Gasteiger partial charge in [-0.05, 0) is 26.0 Å². The maximum Gasteiger partial charge on any atom is 0.187 e. The lowest BCUT2D eigenvalue weighted by molar-refractivity contribution is 0.103. The third kappa shape index (κ3) is 5.79. The Kier molecular flexibility index (Phi) is 6.95. The van der Waals surface area contributed by atoms with Crippen molar-refractivity contribution < 1.29 is 9.59 Å². The Morgan fingerprint density at radius 2 is 0.900 bits per heavy atom. The van der Waals surface area contributed by atoms with Crippen molar-refractivity contribution in [1.29, 1.82) is 0 Å². The largest absolute Gasteiger partial charge is 0.357 e. The molecule has 3 aromatic carbocycles. The molecule has 4 nitrogen and oxygen atoms in total. The van der Waals surface area contributed by atoms with Gasteiger partial charge in [0.25, 0.3) is 0 Å². The molecule has 0 heterocycles. The Balaban J connectivity index is 1.72. The maximum absolute atomic E-state index is 12.4. The molecule has 30 heavy (non-hydrogen) atoms. The van der Waals surface area contributed by atoms with Gasteiger partial charge in [-0.2, -0.15) is 0 Å². The molecule has 0 amide bonds. The van der Waals surface area contributed by atoms with E-state index in [1.54, 1.807) is 36.4 Å². The van der Waals surface area contributed by atoms with Crippen LogP contribution in [-0.2, 0) is 0 Å². The highest BCUT2D eigenvalue weighted by molar-refractivity contribution is 6.05. The summed E-state index contributed by atoms with van der Waals surface area (Å²) < 4.78 is 0. The molecular weight excluding hydrogens is 372 g/mol. The number of rotatable bonds is 8. The van der Waals surface area contributed by atoms with Gasteiger partial charge in [0, 0.05) is 34.7 Å². The molecule has 0 radical (unpaired) electrons. The van der Waals surface area contributed by atoms with Gasteiger partial charge in [0.1, 0.15) is 0 Å². The number of para-hydroxylation sites is 2. The van der Waals surface area contributed by atoms with Crippen LogP contribution in [0, 0.1) is 0 Å². The highest BCUT2D eigenvalue weighted by Crippen LogP contribution is 2.24. The predicted octanol–water partition coefficient (Wildman–Crippen LogP) is 6.08. The number of hydrogen-bond acceptors (Lipinski definition) is 4. The summed E-state index contributed by atoms with van der Waals surface area (Å²) in [6.07, 6.45) is 3.15. The third-order valence-electron chi connectivity index (χ3n) is 4.40. The van der Waals surface area contributed by atoms with Crippen molar-refractivity contribution in [3.8, 4) is 0 Å². The number of carbonyl (C=O) groups excluding carboxylic acids is 2. The molecule has 0 fully saturated rings. The number of allylic oxidation sites excluding steroid dienone is 4. The minimum absolute atomic E-state index is 0.0597. The van der Waals surface area contributed by atoms with Crippen molar-refractivity contribution in [2.75, 3.05) is 10.6 Å². The van der Waals surface area contributed by atoms with Gasteiger partial charge in [-0.3, -0.25) is 9.59 Å². The summed E-state index contributed by atoms with van der Waals surface area (Å²) >= 11 is 0. The zero-order chi connectivity index (χ0) is 21.3. The molecule has 0 aliphatic heterocycles. The van der Waals surface area contributed by atoms with Gasteiger partial charge in [-0.15, -0.1) is 0 Å². The minimum atomic E-state index is -0.0597. The van der Waals surface area contributed by atoms with Crippen molar-refractivity contribution in [1.82, 2.24) is 0 Å². The van der Waals surface area contributed by atoms with Crippen molar-refractivity contribution in [3.63, 3.8) is 0 Å². The molecule has 0 saturated carbocycles. The molecule has 150 valence electrons. The summed E-state index contributed by atoms with van der Waals surface area (Å²) in [5, 5.41) is 6.53. The van der Waals surface area contributed by atoms with Crippen LogP contribution >= 0.6 is 0 Å². The monoisotopic (exact) mass is 396 g/mol. The average molecular weight is 396 g/mol. The van der Waals surface area contributed by atoms with Crippen LogP contribution in [0.2, 0.25) is 0 Å². The fourth-order valence-corrected chi connectivity index (χ4v) is 2.96. The van der Waals surface area contributed by atoms with Gasteiger partial charge in [-0.25, -0.2) is 0 Å². The van der Waals surface area contributed by atoms with Crippen LogP contribution in [0.1, 0.15) is 34.6 Å². The highest BCUT2D eigenvalue weighted by atomic mass is 16.1. The first-order valence-corrected chi connectivity index (χ1v) is 9.71. The second-order valence-electron chi connectivity index (χ2n) is 6.91. The van der Waals surface area contributed by atoms with Gasteiger partial charge < -0.3 is 10.6 Å². The molecule has 0 bridgehead atoms. The highest BCUT2D eigenvalue weighted by Gasteiger charge is 2.07. The molecule has 3 aromatic rings. The molecule has 0 saturated heterocycles. The first-order chi connectivity index (χ1) is 14.5. The number of anilines is 2. The van der Waals surface area contributed by atoms with Crippen LogP contribution in [0.3, 0.4) is 0 Å². The number of carbonyl (C=O) groups is 2. The van der Waals surface area contributed by atoms with Gasteiger partial charge in [-0.1, -0.05) is 72.8 Å². The molecule has 2 N–H and O–H groups in total. The van der Waals surface area contributed by atoms with E-state index >= 15 is 0 Å². The van der Waals surface area contributed by atoms with Crippen molar-refractivity contribution in [2.45, 2.75) is 13.8 Å². The van der Waals surface area contributed by atoms with Crippen molar-refractivity contribution in [2.24, 2.45) is 0 Å². The first-order valence-electron chi connectivity index (χ1n) is 9.71. The lowest BCUT2D eigenvalue weighted by atomic mass is 10.1. The van der Waals surface area contributed by atoms with E-state index in [1.807, 2.05) is 74.5 Å². The van der Waals surface area contributed by atoms with Crippen LogP contribution in [0.5, 0.6) is 0 Å². The van der Waals surface area contributed by atoms with E-state index in [-0.39, 0.29) is 11.6 Å². The predicted molar refractivity (Wildman–Crippen MR) is 123 cm³/mol. The van der Waals surface area contributed by atoms with E-state index in [1.165, 1.54) is 0 Å². The molecule has 0 unspecified atom stereocenters. The molecular formula is C26H24N2O2. The number of benzene rings is 3. The Labute approximate surface area is 177 Å². The smallest absolute Gasteiger partial charge is 0.187 e. The van der Waals surface area contributed by atoms with Crippen molar-refractivity contribution in [3.05, 3.63) is 120 Å². The molecule has 3 rings (SSSR count). The Bertz CT molecular complexity index is 996. The Morgan fingerprint density at radius 3 is 1.27 bits per heavy atom. The number of ketones is 2.